The van der Waals surface area contributed by atoms with E-state index >= 15 is 0 Å². The normalized spacial score (nSPS) is 11.5. The molecule has 0 aliphatic rings. The van der Waals surface area contributed by atoms with Gasteiger partial charge in [0.05, 0.1) is 25.2 Å². The van der Waals surface area contributed by atoms with Crippen molar-refractivity contribution in [2.24, 2.45) is 0 Å². The van der Waals surface area contributed by atoms with E-state index in [1.54, 1.807) is 13.8 Å². The first-order valence-electron chi connectivity index (χ1n) is 8.75. The second-order valence-electron chi connectivity index (χ2n) is 5.79. The lowest BCUT2D eigenvalue weighted by Crippen LogP contribution is -2.16. The Balaban J connectivity index is 2.68. The molecule has 26 heavy (non-hydrogen) atoms. The Labute approximate surface area is 154 Å². The summed E-state index contributed by atoms with van der Waals surface area (Å²) in [5.74, 6) is -0.947. The van der Waals surface area contributed by atoms with E-state index in [0.29, 0.717) is 11.1 Å². The van der Waals surface area contributed by atoms with Crippen molar-refractivity contribution in [3.63, 3.8) is 0 Å². The second kappa shape index (κ2) is 9.56. The van der Waals surface area contributed by atoms with Crippen LogP contribution in [0.1, 0.15) is 37.0 Å². The number of benzene rings is 2. The van der Waals surface area contributed by atoms with Gasteiger partial charge in [-0.15, -0.1) is 0 Å². The molecule has 0 aromatic heterocycles. The highest BCUT2D eigenvalue weighted by Gasteiger charge is 2.23. The van der Waals surface area contributed by atoms with E-state index in [-0.39, 0.29) is 19.6 Å². The fraction of sp³-hybridized carbons (Fsp3) is 0.273. The third kappa shape index (κ3) is 5.06. The third-order valence-electron chi connectivity index (χ3n) is 3.82. The highest BCUT2D eigenvalue weighted by molar-refractivity contribution is 6.05. The molecular weight excluding hydrogens is 328 g/mol. The maximum atomic E-state index is 12.7. The summed E-state index contributed by atoms with van der Waals surface area (Å²) in [7, 11) is 0. The van der Waals surface area contributed by atoms with Crippen LogP contribution in [0.15, 0.2) is 60.2 Å². The van der Waals surface area contributed by atoms with Crippen LogP contribution in [0.2, 0.25) is 0 Å². The van der Waals surface area contributed by atoms with Crippen LogP contribution < -0.4 is 0 Å². The van der Waals surface area contributed by atoms with Gasteiger partial charge in [0, 0.05) is 0 Å². The highest BCUT2D eigenvalue weighted by atomic mass is 16.5. The van der Waals surface area contributed by atoms with Gasteiger partial charge in [-0.3, -0.25) is 4.79 Å². The van der Waals surface area contributed by atoms with Crippen molar-refractivity contribution in [2.45, 2.75) is 27.2 Å². The third-order valence-corrected chi connectivity index (χ3v) is 3.82. The molecule has 0 bridgehead atoms. The molecule has 136 valence electrons. The van der Waals surface area contributed by atoms with Gasteiger partial charge < -0.3 is 9.47 Å². The molecule has 0 aliphatic carbocycles. The van der Waals surface area contributed by atoms with Crippen LogP contribution in [-0.4, -0.2) is 25.2 Å². The van der Waals surface area contributed by atoms with Gasteiger partial charge in [-0.25, -0.2) is 4.79 Å². The van der Waals surface area contributed by atoms with Crippen molar-refractivity contribution in [1.29, 1.82) is 0 Å². The summed E-state index contributed by atoms with van der Waals surface area (Å²) in [6.45, 7) is 5.97. The van der Waals surface area contributed by atoms with E-state index in [1.165, 1.54) is 0 Å². The van der Waals surface area contributed by atoms with Crippen LogP contribution in [0, 0.1) is 6.92 Å². The summed E-state index contributed by atoms with van der Waals surface area (Å²) >= 11 is 0. The predicted molar refractivity (Wildman–Crippen MR) is 102 cm³/mol. The number of ether oxygens (including phenoxy) is 2. The molecule has 2 aromatic carbocycles. The van der Waals surface area contributed by atoms with Gasteiger partial charge in [0.15, 0.2) is 0 Å². The number of carbonyl (C=O) groups is 2. The Bertz CT molecular complexity index is 791. The summed E-state index contributed by atoms with van der Waals surface area (Å²) in [5.41, 5.74) is 3.78. The predicted octanol–water partition coefficient (Wildman–Crippen LogP) is 4.31. The standard InChI is InChI=1S/C22H24O4/c1-4-25-20(23)15-19(22(24)26-5-2)21(17-11-7-6-8-12-17)18-13-9-10-16(3)14-18/h6-14H,4-5,15H2,1-3H3/b21-19+. The Morgan fingerprint density at radius 2 is 1.50 bits per heavy atom. The van der Waals surface area contributed by atoms with Gasteiger partial charge >= 0.3 is 11.9 Å². The number of hydrogen-bond donors (Lipinski definition) is 0. The van der Waals surface area contributed by atoms with E-state index in [0.717, 1.165) is 16.7 Å². The molecule has 4 nitrogen and oxygen atoms in total. The lowest BCUT2D eigenvalue weighted by Gasteiger charge is -2.16. The Kier molecular flexibility index (Phi) is 7.15. The van der Waals surface area contributed by atoms with Crippen LogP contribution in [0.25, 0.3) is 5.57 Å². The molecule has 2 rings (SSSR count). The average Bonchev–Trinajstić information content (AvgIpc) is 2.62. The smallest absolute Gasteiger partial charge is 0.335 e. The van der Waals surface area contributed by atoms with Crippen LogP contribution in [0.3, 0.4) is 0 Å². The molecule has 0 fully saturated rings. The number of aryl methyl sites for hydroxylation is 1. The molecule has 0 spiro atoms. The van der Waals surface area contributed by atoms with Gasteiger partial charge in [0.2, 0.25) is 0 Å². The Morgan fingerprint density at radius 3 is 2.12 bits per heavy atom. The first-order valence-corrected chi connectivity index (χ1v) is 8.75. The van der Waals surface area contributed by atoms with Crippen molar-refractivity contribution in [3.05, 3.63) is 76.9 Å². The van der Waals surface area contributed by atoms with E-state index in [1.807, 2.05) is 61.5 Å². The highest BCUT2D eigenvalue weighted by Crippen LogP contribution is 2.30. The molecule has 0 N–H and O–H groups in total. The first kappa shape index (κ1) is 19.4. The van der Waals surface area contributed by atoms with Crippen molar-refractivity contribution < 1.29 is 19.1 Å². The van der Waals surface area contributed by atoms with Gasteiger partial charge in [-0.1, -0.05) is 60.2 Å². The van der Waals surface area contributed by atoms with E-state index in [4.69, 9.17) is 9.47 Å². The summed E-state index contributed by atoms with van der Waals surface area (Å²) < 4.78 is 10.3. The maximum absolute atomic E-state index is 12.7. The Hall–Kier alpha value is -2.88. The quantitative estimate of drug-likeness (QED) is 0.550. The fourth-order valence-corrected chi connectivity index (χ4v) is 2.76. The summed E-state index contributed by atoms with van der Waals surface area (Å²) in [5, 5.41) is 0. The largest absolute Gasteiger partial charge is 0.466 e. The Morgan fingerprint density at radius 1 is 0.846 bits per heavy atom. The molecule has 0 unspecified atom stereocenters. The van der Waals surface area contributed by atoms with Crippen molar-refractivity contribution >= 4 is 17.5 Å². The second-order valence-corrected chi connectivity index (χ2v) is 5.79. The molecule has 0 amide bonds. The topological polar surface area (TPSA) is 52.6 Å². The van der Waals surface area contributed by atoms with Crippen LogP contribution in [0.4, 0.5) is 0 Å². The van der Waals surface area contributed by atoms with Crippen molar-refractivity contribution in [1.82, 2.24) is 0 Å². The number of carbonyl (C=O) groups excluding carboxylic acids is 2. The molecule has 0 saturated heterocycles. The molecule has 2 aromatic rings. The summed E-state index contributed by atoms with van der Waals surface area (Å²) in [4.78, 5) is 24.8. The lowest BCUT2D eigenvalue weighted by molar-refractivity contribution is -0.145. The maximum Gasteiger partial charge on any atom is 0.335 e. The summed E-state index contributed by atoms with van der Waals surface area (Å²) in [6.07, 6.45) is -0.134. The molecule has 0 saturated carbocycles. The SMILES string of the molecule is CCOC(=O)C/C(C(=O)OCC)=C(/c1ccccc1)c1cccc(C)c1. The minimum Gasteiger partial charge on any atom is -0.466 e. The van der Waals surface area contributed by atoms with Gasteiger partial charge in [0.25, 0.3) is 0 Å². The van der Waals surface area contributed by atoms with Crippen molar-refractivity contribution in [2.75, 3.05) is 13.2 Å². The fourth-order valence-electron chi connectivity index (χ4n) is 2.76. The summed E-state index contributed by atoms with van der Waals surface area (Å²) in [6, 6.07) is 17.4. The minimum atomic E-state index is -0.499. The van der Waals surface area contributed by atoms with E-state index in [2.05, 4.69) is 0 Å². The van der Waals surface area contributed by atoms with E-state index in [9.17, 15) is 9.59 Å². The number of hydrogen-bond acceptors (Lipinski definition) is 4. The lowest BCUT2D eigenvalue weighted by atomic mass is 9.90. The molecular formula is C22H24O4. The first-order chi connectivity index (χ1) is 12.6. The molecule has 0 atom stereocenters. The molecule has 0 aliphatic heterocycles. The number of rotatable bonds is 7. The molecule has 4 heteroatoms. The van der Waals surface area contributed by atoms with Crippen molar-refractivity contribution in [3.8, 4) is 0 Å². The minimum absolute atomic E-state index is 0.134. The zero-order valence-corrected chi connectivity index (χ0v) is 15.5. The number of esters is 2. The van der Waals surface area contributed by atoms with Gasteiger partial charge in [0.1, 0.15) is 0 Å². The van der Waals surface area contributed by atoms with Gasteiger partial charge in [-0.05, 0) is 37.5 Å². The molecule has 0 heterocycles. The van der Waals surface area contributed by atoms with E-state index < -0.39 is 11.9 Å². The van der Waals surface area contributed by atoms with Crippen LogP contribution in [0.5, 0.6) is 0 Å². The zero-order valence-electron chi connectivity index (χ0n) is 15.5. The monoisotopic (exact) mass is 352 g/mol. The van der Waals surface area contributed by atoms with Crippen LogP contribution in [-0.2, 0) is 19.1 Å². The average molecular weight is 352 g/mol. The zero-order chi connectivity index (χ0) is 18.9. The van der Waals surface area contributed by atoms with Crippen LogP contribution >= 0.6 is 0 Å². The van der Waals surface area contributed by atoms with Gasteiger partial charge in [-0.2, -0.15) is 0 Å². The molecule has 0 radical (unpaired) electrons.